The third kappa shape index (κ3) is 4.51. The Bertz CT molecular complexity index is 869. The molecule has 5 nitrogen and oxygen atoms in total. The minimum atomic E-state index is -0.266. The van der Waals surface area contributed by atoms with Gasteiger partial charge in [-0.2, -0.15) is 0 Å². The normalized spacial score (nSPS) is 10.5. The van der Waals surface area contributed by atoms with Crippen LogP contribution in [0.2, 0.25) is 0 Å². The molecular formula is C21H22N2O3. The van der Waals surface area contributed by atoms with Gasteiger partial charge in [0.25, 0.3) is 5.91 Å². The fourth-order valence-corrected chi connectivity index (χ4v) is 2.44. The highest BCUT2D eigenvalue weighted by molar-refractivity contribution is 6.03. The summed E-state index contributed by atoms with van der Waals surface area (Å²) in [7, 11) is 0. The van der Waals surface area contributed by atoms with Gasteiger partial charge in [0, 0.05) is 17.2 Å². The molecule has 0 fully saturated rings. The molecule has 134 valence electrons. The molecule has 1 amide bonds. The first-order valence-electron chi connectivity index (χ1n) is 8.73. The van der Waals surface area contributed by atoms with E-state index in [9.17, 15) is 4.79 Å². The molecule has 1 aromatic heterocycles. The third-order valence-electron chi connectivity index (χ3n) is 3.96. The number of aromatic nitrogens is 1. The molecule has 1 N–H and O–H groups in total. The molecule has 0 radical (unpaired) electrons. The Morgan fingerprint density at radius 1 is 1.15 bits per heavy atom. The second-order valence-electron chi connectivity index (χ2n) is 6.13. The smallest absolute Gasteiger partial charge is 0.258 e. The van der Waals surface area contributed by atoms with E-state index in [-0.39, 0.29) is 5.91 Å². The molecule has 0 atom stereocenters. The summed E-state index contributed by atoms with van der Waals surface area (Å²) in [6, 6.07) is 16.8. The summed E-state index contributed by atoms with van der Waals surface area (Å²) in [6.07, 6.45) is 2.05. The quantitative estimate of drug-likeness (QED) is 0.603. The van der Waals surface area contributed by atoms with E-state index in [1.807, 2.05) is 37.3 Å². The summed E-state index contributed by atoms with van der Waals surface area (Å²) >= 11 is 0. The standard InChI is InChI=1S/C21H22N2O3/c1-3-4-12-25-18-7-5-6-17(13-18)21(24)22-20-14-19(23-26-20)16-10-8-15(2)9-11-16/h5-11,13-14H,3-4,12H2,1-2H3,(H,22,24). The van der Waals surface area contributed by atoms with Crippen LogP contribution in [0.1, 0.15) is 35.7 Å². The van der Waals surface area contributed by atoms with Crippen molar-refractivity contribution in [3.63, 3.8) is 0 Å². The van der Waals surface area contributed by atoms with Crippen LogP contribution >= 0.6 is 0 Å². The average Bonchev–Trinajstić information content (AvgIpc) is 3.11. The number of carbonyl (C=O) groups excluding carboxylic acids is 1. The van der Waals surface area contributed by atoms with E-state index in [2.05, 4.69) is 17.4 Å². The molecule has 0 spiro atoms. The molecule has 0 aliphatic heterocycles. The van der Waals surface area contributed by atoms with Crippen LogP contribution in [0, 0.1) is 6.92 Å². The molecular weight excluding hydrogens is 328 g/mol. The van der Waals surface area contributed by atoms with Crippen molar-refractivity contribution in [1.82, 2.24) is 5.16 Å². The van der Waals surface area contributed by atoms with Gasteiger partial charge in [-0.25, -0.2) is 0 Å². The van der Waals surface area contributed by atoms with E-state index in [0.29, 0.717) is 29.5 Å². The predicted octanol–water partition coefficient (Wildman–Crippen LogP) is 5.08. The zero-order valence-electron chi connectivity index (χ0n) is 15.0. The molecule has 1 heterocycles. The number of hydrogen-bond donors (Lipinski definition) is 1. The molecule has 26 heavy (non-hydrogen) atoms. The summed E-state index contributed by atoms with van der Waals surface area (Å²) in [4.78, 5) is 12.4. The molecule has 0 bridgehead atoms. The van der Waals surface area contributed by atoms with Crippen LogP contribution in [0.25, 0.3) is 11.3 Å². The van der Waals surface area contributed by atoms with E-state index in [1.165, 1.54) is 5.56 Å². The average molecular weight is 350 g/mol. The van der Waals surface area contributed by atoms with Crippen molar-refractivity contribution in [2.75, 3.05) is 11.9 Å². The Labute approximate surface area is 153 Å². The van der Waals surface area contributed by atoms with E-state index < -0.39 is 0 Å². The third-order valence-corrected chi connectivity index (χ3v) is 3.96. The Kier molecular flexibility index (Phi) is 5.69. The first kappa shape index (κ1) is 17.7. The van der Waals surface area contributed by atoms with Crippen molar-refractivity contribution < 1.29 is 14.1 Å². The van der Waals surface area contributed by atoms with Crippen LogP contribution in [-0.4, -0.2) is 17.7 Å². The van der Waals surface area contributed by atoms with Gasteiger partial charge in [0.05, 0.1) is 6.61 Å². The summed E-state index contributed by atoms with van der Waals surface area (Å²) in [5.41, 5.74) is 3.29. The summed E-state index contributed by atoms with van der Waals surface area (Å²) in [5, 5.41) is 6.75. The van der Waals surface area contributed by atoms with Crippen LogP contribution < -0.4 is 10.1 Å². The van der Waals surface area contributed by atoms with Crippen LogP contribution in [0.3, 0.4) is 0 Å². The largest absolute Gasteiger partial charge is 0.494 e. The van der Waals surface area contributed by atoms with Gasteiger partial charge in [0.1, 0.15) is 11.4 Å². The molecule has 0 saturated heterocycles. The predicted molar refractivity (Wildman–Crippen MR) is 101 cm³/mol. The van der Waals surface area contributed by atoms with Gasteiger partial charge in [0.15, 0.2) is 0 Å². The van der Waals surface area contributed by atoms with E-state index in [4.69, 9.17) is 9.26 Å². The van der Waals surface area contributed by atoms with E-state index in [0.717, 1.165) is 18.4 Å². The first-order chi connectivity index (χ1) is 12.7. The number of aryl methyl sites for hydroxylation is 1. The number of nitrogens with zero attached hydrogens (tertiary/aromatic N) is 1. The lowest BCUT2D eigenvalue weighted by molar-refractivity contribution is 0.102. The Balaban J connectivity index is 1.66. The number of nitrogens with one attached hydrogen (secondary N) is 1. The molecule has 0 saturated carbocycles. The molecule has 0 aliphatic carbocycles. The van der Waals surface area contributed by atoms with Gasteiger partial charge in [-0.05, 0) is 31.5 Å². The minimum Gasteiger partial charge on any atom is -0.494 e. The highest BCUT2D eigenvalue weighted by Crippen LogP contribution is 2.23. The topological polar surface area (TPSA) is 64.4 Å². The van der Waals surface area contributed by atoms with Gasteiger partial charge in [-0.1, -0.05) is 54.4 Å². The van der Waals surface area contributed by atoms with Gasteiger partial charge >= 0.3 is 0 Å². The second kappa shape index (κ2) is 8.34. The molecule has 0 unspecified atom stereocenters. The fraction of sp³-hybridized carbons (Fsp3) is 0.238. The van der Waals surface area contributed by atoms with Crippen molar-refractivity contribution in [1.29, 1.82) is 0 Å². The first-order valence-corrected chi connectivity index (χ1v) is 8.73. The van der Waals surface area contributed by atoms with Crippen molar-refractivity contribution in [3.05, 3.63) is 65.7 Å². The summed E-state index contributed by atoms with van der Waals surface area (Å²) in [5.74, 6) is 0.726. The number of hydrogen-bond acceptors (Lipinski definition) is 4. The fourth-order valence-electron chi connectivity index (χ4n) is 2.44. The zero-order chi connectivity index (χ0) is 18.4. The lowest BCUT2D eigenvalue weighted by Gasteiger charge is -2.07. The number of rotatable bonds is 7. The van der Waals surface area contributed by atoms with E-state index in [1.54, 1.807) is 24.3 Å². The Morgan fingerprint density at radius 3 is 2.73 bits per heavy atom. The number of ether oxygens (including phenoxy) is 1. The Morgan fingerprint density at radius 2 is 1.96 bits per heavy atom. The van der Waals surface area contributed by atoms with Gasteiger partial charge in [-0.3, -0.25) is 10.1 Å². The van der Waals surface area contributed by atoms with E-state index >= 15 is 0 Å². The SMILES string of the molecule is CCCCOc1cccc(C(=O)Nc2cc(-c3ccc(C)cc3)no2)c1. The number of carbonyl (C=O) groups is 1. The van der Waals surface area contributed by atoms with Crippen LogP contribution in [-0.2, 0) is 0 Å². The van der Waals surface area contributed by atoms with Crippen molar-refractivity contribution >= 4 is 11.8 Å². The molecule has 0 aliphatic rings. The lowest BCUT2D eigenvalue weighted by Crippen LogP contribution is -2.11. The number of amides is 1. The highest BCUT2D eigenvalue weighted by atomic mass is 16.5. The number of benzene rings is 2. The molecule has 5 heteroatoms. The maximum atomic E-state index is 12.4. The van der Waals surface area contributed by atoms with Crippen molar-refractivity contribution in [2.24, 2.45) is 0 Å². The maximum Gasteiger partial charge on any atom is 0.258 e. The van der Waals surface area contributed by atoms with Crippen molar-refractivity contribution in [3.8, 4) is 17.0 Å². The maximum absolute atomic E-state index is 12.4. The monoisotopic (exact) mass is 350 g/mol. The van der Waals surface area contributed by atoms with Gasteiger partial charge in [0.2, 0.25) is 5.88 Å². The van der Waals surface area contributed by atoms with Crippen LogP contribution in [0.4, 0.5) is 5.88 Å². The number of anilines is 1. The highest BCUT2D eigenvalue weighted by Gasteiger charge is 2.12. The second-order valence-corrected chi connectivity index (χ2v) is 6.13. The number of unbranched alkanes of at least 4 members (excludes halogenated alkanes) is 1. The van der Waals surface area contributed by atoms with Crippen LogP contribution in [0.5, 0.6) is 5.75 Å². The van der Waals surface area contributed by atoms with Gasteiger partial charge < -0.3 is 9.26 Å². The lowest BCUT2D eigenvalue weighted by atomic mass is 10.1. The Hall–Kier alpha value is -3.08. The molecule has 3 rings (SSSR count). The van der Waals surface area contributed by atoms with Crippen molar-refractivity contribution in [2.45, 2.75) is 26.7 Å². The van der Waals surface area contributed by atoms with Crippen LogP contribution in [0.15, 0.2) is 59.1 Å². The summed E-state index contributed by atoms with van der Waals surface area (Å²) < 4.78 is 10.9. The minimum absolute atomic E-state index is 0.266. The molecule has 3 aromatic rings. The molecule has 2 aromatic carbocycles. The summed E-state index contributed by atoms with van der Waals surface area (Å²) in [6.45, 7) is 4.78. The van der Waals surface area contributed by atoms with Gasteiger partial charge in [-0.15, -0.1) is 0 Å². The zero-order valence-corrected chi connectivity index (χ0v) is 15.0.